The van der Waals surface area contributed by atoms with Crippen molar-refractivity contribution in [3.05, 3.63) is 41.7 Å². The number of ketones is 1. The zero-order valence-corrected chi connectivity index (χ0v) is 8.88. The number of rotatable bonds is 1. The van der Waals surface area contributed by atoms with Gasteiger partial charge in [0.05, 0.1) is 11.8 Å². The number of carbonyl (C=O) groups excluding carboxylic acids is 1. The Morgan fingerprint density at radius 3 is 2.50 bits per heavy atom. The molecule has 84 valence electrons. The first-order valence-corrected chi connectivity index (χ1v) is 4.80. The highest BCUT2D eigenvalue weighted by Gasteiger charge is 2.38. The second-order valence-electron chi connectivity index (χ2n) is 4.11. The lowest BCUT2D eigenvalue weighted by Crippen LogP contribution is -2.29. The Morgan fingerprint density at radius 1 is 1.25 bits per heavy atom. The van der Waals surface area contributed by atoms with Crippen molar-refractivity contribution < 1.29 is 18.3 Å². The van der Waals surface area contributed by atoms with Gasteiger partial charge < -0.3 is 4.74 Å². The van der Waals surface area contributed by atoms with Crippen LogP contribution in [0.25, 0.3) is 5.57 Å². The molecule has 1 aliphatic rings. The van der Waals surface area contributed by atoms with Crippen molar-refractivity contribution in [3.8, 4) is 0 Å². The van der Waals surface area contributed by atoms with Crippen LogP contribution in [0.4, 0.5) is 8.78 Å². The molecular weight excluding hydrogens is 214 g/mol. The minimum Gasteiger partial charge on any atom is -0.487 e. The van der Waals surface area contributed by atoms with Crippen molar-refractivity contribution in [2.24, 2.45) is 0 Å². The van der Waals surface area contributed by atoms with Gasteiger partial charge in [0.25, 0.3) is 0 Å². The molecule has 1 aliphatic heterocycles. The summed E-state index contributed by atoms with van der Waals surface area (Å²) in [7, 11) is 0. The second-order valence-corrected chi connectivity index (χ2v) is 4.11. The number of hydrogen-bond donors (Lipinski definition) is 0. The van der Waals surface area contributed by atoms with Gasteiger partial charge in [-0.3, -0.25) is 4.79 Å². The summed E-state index contributed by atoms with van der Waals surface area (Å²) in [6.07, 6.45) is 1.18. The van der Waals surface area contributed by atoms with Crippen LogP contribution in [0.5, 0.6) is 0 Å². The van der Waals surface area contributed by atoms with E-state index in [0.717, 1.165) is 18.2 Å². The number of benzene rings is 1. The fourth-order valence-electron chi connectivity index (χ4n) is 1.53. The van der Waals surface area contributed by atoms with E-state index >= 15 is 0 Å². The second kappa shape index (κ2) is 3.40. The minimum absolute atomic E-state index is 0.0597. The Balaban J connectivity index is 2.47. The Labute approximate surface area is 91.5 Å². The number of halogens is 2. The fourth-order valence-corrected chi connectivity index (χ4v) is 1.53. The molecule has 0 fully saturated rings. The first-order chi connectivity index (χ1) is 7.42. The van der Waals surface area contributed by atoms with Gasteiger partial charge in [-0.1, -0.05) is 0 Å². The lowest BCUT2D eigenvalue weighted by molar-refractivity contribution is -0.125. The molecule has 1 heterocycles. The van der Waals surface area contributed by atoms with E-state index in [1.54, 1.807) is 13.8 Å². The normalized spacial score (nSPS) is 18.2. The van der Waals surface area contributed by atoms with E-state index in [1.165, 1.54) is 6.26 Å². The summed E-state index contributed by atoms with van der Waals surface area (Å²) in [4.78, 5) is 11.8. The molecule has 0 bridgehead atoms. The van der Waals surface area contributed by atoms with Crippen LogP contribution in [-0.2, 0) is 9.53 Å². The maximum atomic E-state index is 13.4. The standard InChI is InChI=1S/C12H10F2O2/c1-12(2)11(15)9(6-16-12)8-5-7(13)3-4-10(8)14/h3-6H,1-2H3. The van der Waals surface area contributed by atoms with Crippen LogP contribution in [0.15, 0.2) is 24.5 Å². The van der Waals surface area contributed by atoms with E-state index in [0.29, 0.717) is 0 Å². The van der Waals surface area contributed by atoms with Gasteiger partial charge in [0.2, 0.25) is 5.78 Å². The molecule has 16 heavy (non-hydrogen) atoms. The van der Waals surface area contributed by atoms with Gasteiger partial charge in [-0.25, -0.2) is 8.78 Å². The third-order valence-electron chi connectivity index (χ3n) is 2.48. The van der Waals surface area contributed by atoms with Gasteiger partial charge in [-0.15, -0.1) is 0 Å². The summed E-state index contributed by atoms with van der Waals surface area (Å²) in [5.74, 6) is -1.57. The molecule has 2 rings (SSSR count). The van der Waals surface area contributed by atoms with Crippen molar-refractivity contribution in [2.45, 2.75) is 19.4 Å². The van der Waals surface area contributed by atoms with Crippen LogP contribution >= 0.6 is 0 Å². The summed E-state index contributed by atoms with van der Waals surface area (Å²) >= 11 is 0. The molecule has 0 spiro atoms. The van der Waals surface area contributed by atoms with Gasteiger partial charge in [-0.05, 0) is 32.0 Å². The van der Waals surface area contributed by atoms with E-state index in [2.05, 4.69) is 0 Å². The lowest BCUT2D eigenvalue weighted by Gasteiger charge is -2.15. The topological polar surface area (TPSA) is 26.3 Å². The molecule has 2 nitrogen and oxygen atoms in total. The average molecular weight is 224 g/mol. The molecule has 0 radical (unpaired) electrons. The largest absolute Gasteiger partial charge is 0.487 e. The summed E-state index contributed by atoms with van der Waals surface area (Å²) < 4.78 is 31.5. The van der Waals surface area contributed by atoms with Crippen molar-refractivity contribution in [1.29, 1.82) is 0 Å². The van der Waals surface area contributed by atoms with E-state index < -0.39 is 17.2 Å². The molecule has 0 unspecified atom stereocenters. The van der Waals surface area contributed by atoms with Crippen LogP contribution in [0, 0.1) is 11.6 Å². The number of ether oxygens (including phenoxy) is 1. The maximum Gasteiger partial charge on any atom is 0.209 e. The highest BCUT2D eigenvalue weighted by Crippen LogP contribution is 2.32. The zero-order chi connectivity index (χ0) is 11.9. The minimum atomic E-state index is -1.01. The zero-order valence-electron chi connectivity index (χ0n) is 8.88. The van der Waals surface area contributed by atoms with Gasteiger partial charge >= 0.3 is 0 Å². The Kier molecular flexibility index (Phi) is 2.30. The Hall–Kier alpha value is -1.71. The quantitative estimate of drug-likeness (QED) is 0.733. The first kappa shape index (κ1) is 10.8. The third-order valence-corrected chi connectivity index (χ3v) is 2.48. The van der Waals surface area contributed by atoms with Crippen molar-refractivity contribution >= 4 is 11.4 Å². The third kappa shape index (κ3) is 1.60. The van der Waals surface area contributed by atoms with Gasteiger partial charge in [0.15, 0.2) is 5.60 Å². The van der Waals surface area contributed by atoms with Crippen LogP contribution in [0.1, 0.15) is 19.4 Å². The van der Waals surface area contributed by atoms with E-state index in [4.69, 9.17) is 4.74 Å². The Morgan fingerprint density at radius 2 is 1.94 bits per heavy atom. The van der Waals surface area contributed by atoms with Crippen LogP contribution < -0.4 is 0 Å². The molecular formula is C12H10F2O2. The van der Waals surface area contributed by atoms with Gasteiger partial charge in [0, 0.05) is 5.56 Å². The highest BCUT2D eigenvalue weighted by atomic mass is 19.1. The molecule has 0 atom stereocenters. The number of carbonyl (C=O) groups is 1. The average Bonchev–Trinajstić information content (AvgIpc) is 2.47. The molecule has 0 saturated carbocycles. The maximum absolute atomic E-state index is 13.4. The lowest BCUT2D eigenvalue weighted by atomic mass is 9.94. The number of Topliss-reactive ketones (excluding diaryl/α,β-unsaturated/α-hetero) is 1. The summed E-state index contributed by atoms with van der Waals surface area (Å²) in [6.45, 7) is 3.16. The molecule has 0 aliphatic carbocycles. The molecule has 0 amide bonds. The molecule has 0 saturated heterocycles. The summed E-state index contributed by atoms with van der Waals surface area (Å²) in [6, 6.07) is 2.98. The SMILES string of the molecule is CC1(C)OC=C(c2cc(F)ccc2F)C1=O. The fraction of sp³-hybridized carbons (Fsp3) is 0.250. The Bertz CT molecular complexity index is 490. The molecule has 0 aromatic heterocycles. The van der Waals surface area contributed by atoms with Gasteiger partial charge in [0.1, 0.15) is 11.6 Å². The molecule has 1 aromatic rings. The molecule has 1 aromatic carbocycles. The van der Waals surface area contributed by atoms with Crippen molar-refractivity contribution in [2.75, 3.05) is 0 Å². The molecule has 0 N–H and O–H groups in total. The van der Waals surface area contributed by atoms with E-state index in [-0.39, 0.29) is 16.9 Å². The van der Waals surface area contributed by atoms with Crippen LogP contribution in [0.3, 0.4) is 0 Å². The van der Waals surface area contributed by atoms with E-state index in [9.17, 15) is 13.6 Å². The van der Waals surface area contributed by atoms with E-state index in [1.807, 2.05) is 0 Å². The summed E-state index contributed by atoms with van der Waals surface area (Å²) in [5.41, 5.74) is -0.994. The van der Waals surface area contributed by atoms with Crippen LogP contribution in [0.2, 0.25) is 0 Å². The highest BCUT2D eigenvalue weighted by molar-refractivity contribution is 6.25. The van der Waals surface area contributed by atoms with Crippen molar-refractivity contribution in [1.82, 2.24) is 0 Å². The van der Waals surface area contributed by atoms with Crippen LogP contribution in [-0.4, -0.2) is 11.4 Å². The van der Waals surface area contributed by atoms with Crippen molar-refractivity contribution in [3.63, 3.8) is 0 Å². The summed E-state index contributed by atoms with van der Waals surface area (Å²) in [5, 5.41) is 0. The first-order valence-electron chi connectivity index (χ1n) is 4.80. The molecule has 4 heteroatoms. The predicted octanol–water partition coefficient (Wildman–Crippen LogP) is 2.68. The predicted molar refractivity (Wildman–Crippen MR) is 54.5 cm³/mol. The number of hydrogen-bond acceptors (Lipinski definition) is 2. The monoisotopic (exact) mass is 224 g/mol. The van der Waals surface area contributed by atoms with Gasteiger partial charge in [-0.2, -0.15) is 0 Å². The smallest absolute Gasteiger partial charge is 0.209 e.